The summed E-state index contributed by atoms with van der Waals surface area (Å²) >= 11 is 1.38. The molecule has 100 valence electrons. The van der Waals surface area contributed by atoms with Crippen molar-refractivity contribution in [2.75, 3.05) is 5.32 Å². The summed E-state index contributed by atoms with van der Waals surface area (Å²) in [5, 5.41) is 4.11. The molecule has 6 heteroatoms. The predicted molar refractivity (Wildman–Crippen MR) is 75.2 cm³/mol. The van der Waals surface area contributed by atoms with Gasteiger partial charge in [-0.3, -0.25) is 10.3 Å². The van der Waals surface area contributed by atoms with E-state index < -0.39 is 11.7 Å². The lowest BCUT2D eigenvalue weighted by Crippen LogP contribution is -2.26. The van der Waals surface area contributed by atoms with Crippen molar-refractivity contribution >= 4 is 22.4 Å². The van der Waals surface area contributed by atoms with E-state index in [2.05, 4.69) is 15.3 Å². The Morgan fingerprint density at radius 1 is 1.37 bits per heavy atom. The van der Waals surface area contributed by atoms with Gasteiger partial charge in [0, 0.05) is 18.0 Å². The number of anilines is 1. The number of amides is 1. The Labute approximate surface area is 115 Å². The number of pyridine rings is 1. The molecule has 0 aliphatic heterocycles. The Kier molecular flexibility index (Phi) is 3.80. The molecule has 0 aromatic carbocycles. The number of ether oxygens (including phenoxy) is 1. The summed E-state index contributed by atoms with van der Waals surface area (Å²) in [6.07, 6.45) is 4.57. The number of aromatic nitrogens is 2. The molecule has 1 N–H and O–H groups in total. The zero-order valence-electron chi connectivity index (χ0n) is 11.0. The average molecular weight is 277 g/mol. The highest BCUT2D eigenvalue weighted by atomic mass is 32.1. The molecule has 0 unspecified atom stereocenters. The van der Waals surface area contributed by atoms with Gasteiger partial charge in [-0.25, -0.2) is 9.78 Å². The molecule has 0 spiro atoms. The highest BCUT2D eigenvalue weighted by molar-refractivity contribution is 7.19. The van der Waals surface area contributed by atoms with Crippen LogP contribution in [0.1, 0.15) is 20.8 Å². The van der Waals surface area contributed by atoms with Gasteiger partial charge in [-0.1, -0.05) is 11.3 Å². The highest BCUT2D eigenvalue weighted by Gasteiger charge is 2.17. The van der Waals surface area contributed by atoms with E-state index in [1.807, 2.05) is 32.9 Å². The quantitative estimate of drug-likeness (QED) is 0.911. The maximum atomic E-state index is 11.6. The monoisotopic (exact) mass is 277 g/mol. The summed E-state index contributed by atoms with van der Waals surface area (Å²) in [5.41, 5.74) is 0.408. The van der Waals surface area contributed by atoms with Crippen LogP contribution in [0.4, 0.5) is 9.80 Å². The first-order valence-corrected chi connectivity index (χ1v) is 6.62. The van der Waals surface area contributed by atoms with E-state index in [-0.39, 0.29) is 0 Å². The van der Waals surface area contributed by atoms with Gasteiger partial charge in [0.2, 0.25) is 0 Å². The minimum absolute atomic E-state index is 0.478. The molecule has 2 aromatic heterocycles. The van der Waals surface area contributed by atoms with Gasteiger partial charge in [0.15, 0.2) is 0 Å². The third-order valence-electron chi connectivity index (χ3n) is 2.04. The fourth-order valence-electron chi connectivity index (χ4n) is 1.36. The molecule has 1 amide bonds. The molecular weight excluding hydrogens is 262 g/mol. The zero-order chi connectivity index (χ0) is 13.9. The number of nitrogens with zero attached hydrogens (tertiary/aromatic N) is 2. The molecule has 0 bridgehead atoms. The van der Waals surface area contributed by atoms with Crippen molar-refractivity contribution < 1.29 is 9.53 Å². The van der Waals surface area contributed by atoms with Gasteiger partial charge in [-0.15, -0.1) is 0 Å². The second-order valence-electron chi connectivity index (χ2n) is 4.90. The molecular formula is C13H15N3O2S. The van der Waals surface area contributed by atoms with E-state index in [4.69, 9.17) is 4.74 Å². The van der Waals surface area contributed by atoms with Crippen LogP contribution in [0.5, 0.6) is 0 Å². The minimum atomic E-state index is -0.513. The van der Waals surface area contributed by atoms with Crippen LogP contribution in [0, 0.1) is 0 Å². The molecule has 5 nitrogen and oxygen atoms in total. The van der Waals surface area contributed by atoms with E-state index in [9.17, 15) is 4.79 Å². The summed E-state index contributed by atoms with van der Waals surface area (Å²) < 4.78 is 5.17. The fourth-order valence-corrected chi connectivity index (χ4v) is 2.15. The third-order valence-corrected chi connectivity index (χ3v) is 3.00. The minimum Gasteiger partial charge on any atom is -0.444 e. The van der Waals surface area contributed by atoms with Gasteiger partial charge in [0.25, 0.3) is 0 Å². The van der Waals surface area contributed by atoms with Crippen molar-refractivity contribution in [1.29, 1.82) is 0 Å². The van der Waals surface area contributed by atoms with Crippen LogP contribution >= 0.6 is 11.3 Å². The number of hydrogen-bond donors (Lipinski definition) is 1. The van der Waals surface area contributed by atoms with Crippen LogP contribution in [0.2, 0.25) is 0 Å². The number of rotatable bonds is 2. The Morgan fingerprint density at radius 2 is 2.16 bits per heavy atom. The van der Waals surface area contributed by atoms with Crippen LogP contribution < -0.4 is 5.32 Å². The summed E-state index contributed by atoms with van der Waals surface area (Å²) in [6, 6.07) is 3.76. The van der Waals surface area contributed by atoms with Crippen LogP contribution in [0.25, 0.3) is 10.6 Å². The molecule has 0 atom stereocenters. The lowest BCUT2D eigenvalue weighted by atomic mass is 10.2. The number of carbonyl (C=O) groups excluding carboxylic acids is 1. The number of hydrogen-bond acceptors (Lipinski definition) is 5. The fraction of sp³-hybridized carbons (Fsp3) is 0.308. The maximum absolute atomic E-state index is 11.6. The van der Waals surface area contributed by atoms with Crippen molar-refractivity contribution in [2.45, 2.75) is 26.4 Å². The maximum Gasteiger partial charge on any atom is 0.412 e. The molecule has 0 aliphatic carbocycles. The molecule has 19 heavy (non-hydrogen) atoms. The molecule has 2 heterocycles. The second-order valence-corrected chi connectivity index (χ2v) is 5.93. The standard InChI is InChI=1S/C13H15N3O2S/c1-13(2,3)18-12(17)16-10-8-15-11(19-10)9-5-4-6-14-7-9/h4-8H,1-3H3,(H,16,17). The van der Waals surface area contributed by atoms with Gasteiger partial charge < -0.3 is 4.74 Å². The summed E-state index contributed by atoms with van der Waals surface area (Å²) in [4.78, 5) is 19.9. The van der Waals surface area contributed by atoms with Gasteiger partial charge in [0.1, 0.15) is 15.6 Å². The Balaban J connectivity index is 2.04. The zero-order valence-corrected chi connectivity index (χ0v) is 11.8. The predicted octanol–water partition coefficient (Wildman–Crippen LogP) is 3.55. The Morgan fingerprint density at radius 3 is 2.79 bits per heavy atom. The molecule has 0 fully saturated rings. The largest absolute Gasteiger partial charge is 0.444 e. The van der Waals surface area contributed by atoms with Crippen LogP contribution in [-0.2, 0) is 4.74 Å². The van der Waals surface area contributed by atoms with Crippen molar-refractivity contribution in [2.24, 2.45) is 0 Å². The SMILES string of the molecule is CC(C)(C)OC(=O)Nc1cnc(-c2cccnc2)s1. The van der Waals surface area contributed by atoms with Gasteiger partial charge >= 0.3 is 6.09 Å². The van der Waals surface area contributed by atoms with Gasteiger partial charge in [-0.05, 0) is 32.9 Å². The van der Waals surface area contributed by atoms with E-state index in [0.29, 0.717) is 5.00 Å². The Hall–Kier alpha value is -1.95. The molecule has 2 rings (SSSR count). The average Bonchev–Trinajstić information content (AvgIpc) is 2.76. The third kappa shape index (κ3) is 4.03. The summed E-state index contributed by atoms with van der Waals surface area (Å²) in [5.74, 6) is 0. The highest BCUT2D eigenvalue weighted by Crippen LogP contribution is 2.27. The van der Waals surface area contributed by atoms with Crippen LogP contribution in [0.3, 0.4) is 0 Å². The lowest BCUT2D eigenvalue weighted by molar-refractivity contribution is 0.0636. The smallest absolute Gasteiger partial charge is 0.412 e. The lowest BCUT2D eigenvalue weighted by Gasteiger charge is -2.19. The summed E-state index contributed by atoms with van der Waals surface area (Å²) in [6.45, 7) is 5.46. The van der Waals surface area contributed by atoms with Crippen LogP contribution in [-0.4, -0.2) is 21.7 Å². The van der Waals surface area contributed by atoms with Crippen LogP contribution in [0.15, 0.2) is 30.7 Å². The molecule has 0 saturated heterocycles. The molecule has 0 aliphatic rings. The summed E-state index contributed by atoms with van der Waals surface area (Å²) in [7, 11) is 0. The van der Waals surface area contributed by atoms with E-state index in [1.54, 1.807) is 18.6 Å². The van der Waals surface area contributed by atoms with Gasteiger partial charge in [-0.2, -0.15) is 0 Å². The first kappa shape index (κ1) is 13.5. The van der Waals surface area contributed by atoms with Crippen molar-refractivity contribution in [3.63, 3.8) is 0 Å². The second kappa shape index (κ2) is 5.36. The van der Waals surface area contributed by atoms with Crippen molar-refractivity contribution in [3.8, 4) is 10.6 Å². The first-order valence-electron chi connectivity index (χ1n) is 5.80. The van der Waals surface area contributed by atoms with Gasteiger partial charge in [0.05, 0.1) is 6.20 Å². The Bertz CT molecular complexity index is 561. The van der Waals surface area contributed by atoms with Crippen molar-refractivity contribution in [1.82, 2.24) is 9.97 Å². The number of nitrogens with one attached hydrogen (secondary N) is 1. The molecule has 0 radical (unpaired) electrons. The van der Waals surface area contributed by atoms with E-state index in [0.717, 1.165) is 10.6 Å². The number of thiazole rings is 1. The molecule has 2 aromatic rings. The van der Waals surface area contributed by atoms with E-state index in [1.165, 1.54) is 11.3 Å². The topological polar surface area (TPSA) is 64.1 Å². The molecule has 0 saturated carbocycles. The van der Waals surface area contributed by atoms with Crippen molar-refractivity contribution in [3.05, 3.63) is 30.7 Å². The van der Waals surface area contributed by atoms with E-state index >= 15 is 0 Å². The number of carbonyl (C=O) groups is 1. The normalized spacial score (nSPS) is 11.1. The first-order chi connectivity index (χ1) is 8.94.